The van der Waals surface area contributed by atoms with Gasteiger partial charge in [-0.2, -0.15) is 0 Å². The van der Waals surface area contributed by atoms with E-state index in [-0.39, 0.29) is 18.6 Å². The lowest BCUT2D eigenvalue weighted by atomic mass is 10.1. The second-order valence-electron chi connectivity index (χ2n) is 4.40. The molecule has 3 N–H and O–H groups in total. The Morgan fingerprint density at radius 3 is 2.95 bits per heavy atom. The number of carbonyl (C=O) groups excluding carboxylic acids is 1. The van der Waals surface area contributed by atoms with E-state index < -0.39 is 0 Å². The normalized spacial score (nSPS) is 11.9. The van der Waals surface area contributed by atoms with E-state index in [1.807, 2.05) is 31.2 Å². The molecular weight excluding hydrogens is 244 g/mol. The second kappa shape index (κ2) is 8.50. The highest BCUT2D eigenvalue weighted by Gasteiger charge is 2.07. The van der Waals surface area contributed by atoms with Crippen LogP contribution in [0.5, 0.6) is 5.75 Å². The van der Waals surface area contributed by atoms with E-state index in [1.165, 1.54) is 0 Å². The fraction of sp³-hybridized carbons (Fsp3) is 0.500. The quantitative estimate of drug-likeness (QED) is 0.727. The predicted octanol–water partition coefficient (Wildman–Crippen LogP) is 0.718. The highest BCUT2D eigenvalue weighted by Crippen LogP contribution is 2.13. The zero-order valence-corrected chi connectivity index (χ0v) is 11.5. The number of nitrogens with two attached hydrogens (primary N) is 1. The van der Waals surface area contributed by atoms with E-state index in [4.69, 9.17) is 15.2 Å². The van der Waals surface area contributed by atoms with Crippen molar-refractivity contribution in [3.8, 4) is 5.75 Å². The van der Waals surface area contributed by atoms with Gasteiger partial charge in [0.1, 0.15) is 5.75 Å². The molecule has 106 valence electrons. The van der Waals surface area contributed by atoms with Gasteiger partial charge in [0.25, 0.3) is 5.91 Å². The van der Waals surface area contributed by atoms with Crippen LogP contribution in [0.25, 0.3) is 0 Å². The molecule has 1 unspecified atom stereocenters. The minimum Gasteiger partial charge on any atom is -0.484 e. The number of ether oxygens (including phenoxy) is 2. The topological polar surface area (TPSA) is 73.6 Å². The predicted molar refractivity (Wildman–Crippen MR) is 74.2 cm³/mol. The van der Waals surface area contributed by atoms with Crippen molar-refractivity contribution in [1.29, 1.82) is 0 Å². The van der Waals surface area contributed by atoms with Crippen LogP contribution in [0.3, 0.4) is 0 Å². The number of rotatable bonds is 8. The molecule has 0 saturated heterocycles. The number of nitrogens with one attached hydrogen (secondary N) is 1. The van der Waals surface area contributed by atoms with Crippen molar-refractivity contribution in [3.05, 3.63) is 29.8 Å². The molecule has 1 aromatic rings. The summed E-state index contributed by atoms with van der Waals surface area (Å²) in [5, 5.41) is 2.78. The van der Waals surface area contributed by atoms with Gasteiger partial charge in [-0.3, -0.25) is 4.79 Å². The molecular formula is C14H22N2O3. The first-order chi connectivity index (χ1) is 9.15. The summed E-state index contributed by atoms with van der Waals surface area (Å²) in [6, 6.07) is 7.58. The Balaban J connectivity index is 2.39. The highest BCUT2D eigenvalue weighted by atomic mass is 16.5. The lowest BCUT2D eigenvalue weighted by molar-refractivity contribution is -0.124. The minimum absolute atomic E-state index is 0.000132. The maximum atomic E-state index is 11.6. The largest absolute Gasteiger partial charge is 0.484 e. The van der Waals surface area contributed by atoms with Gasteiger partial charge in [-0.15, -0.1) is 0 Å². The van der Waals surface area contributed by atoms with Crippen LogP contribution in [0, 0.1) is 0 Å². The van der Waals surface area contributed by atoms with Crippen molar-refractivity contribution in [2.24, 2.45) is 5.73 Å². The van der Waals surface area contributed by atoms with E-state index in [0.717, 1.165) is 12.0 Å². The number of hydrogen-bond acceptors (Lipinski definition) is 4. The van der Waals surface area contributed by atoms with Crippen LogP contribution in [0.4, 0.5) is 0 Å². The minimum atomic E-state index is -0.159. The monoisotopic (exact) mass is 266 g/mol. The third-order valence-corrected chi connectivity index (χ3v) is 2.53. The first-order valence-corrected chi connectivity index (χ1v) is 6.35. The summed E-state index contributed by atoms with van der Waals surface area (Å²) >= 11 is 0. The van der Waals surface area contributed by atoms with Crippen LogP contribution in [0.15, 0.2) is 24.3 Å². The van der Waals surface area contributed by atoms with Crippen LogP contribution in [0.1, 0.15) is 12.5 Å². The van der Waals surface area contributed by atoms with Crippen molar-refractivity contribution in [2.45, 2.75) is 19.4 Å². The van der Waals surface area contributed by atoms with Crippen molar-refractivity contribution in [1.82, 2.24) is 5.32 Å². The molecule has 0 aliphatic heterocycles. The van der Waals surface area contributed by atoms with Crippen LogP contribution in [0.2, 0.25) is 0 Å². The van der Waals surface area contributed by atoms with Crippen LogP contribution >= 0.6 is 0 Å². The lowest BCUT2D eigenvalue weighted by Gasteiger charge is -2.13. The van der Waals surface area contributed by atoms with E-state index in [1.54, 1.807) is 7.11 Å². The molecule has 1 rings (SSSR count). The number of methoxy groups -OCH3 is 1. The summed E-state index contributed by atoms with van der Waals surface area (Å²) in [6.45, 7) is 2.96. The zero-order valence-electron chi connectivity index (χ0n) is 11.5. The third kappa shape index (κ3) is 6.22. The van der Waals surface area contributed by atoms with Gasteiger partial charge in [-0.05, 0) is 37.6 Å². The maximum absolute atomic E-state index is 11.6. The molecule has 1 aromatic carbocycles. The lowest BCUT2D eigenvalue weighted by Crippen LogP contribution is -2.38. The molecule has 0 heterocycles. The third-order valence-electron chi connectivity index (χ3n) is 2.53. The molecule has 0 spiro atoms. The Morgan fingerprint density at radius 2 is 2.26 bits per heavy atom. The first-order valence-electron chi connectivity index (χ1n) is 6.35. The summed E-state index contributed by atoms with van der Waals surface area (Å²) in [4.78, 5) is 11.6. The molecule has 0 aliphatic rings. The molecule has 5 nitrogen and oxygen atoms in total. The van der Waals surface area contributed by atoms with Crippen LogP contribution < -0.4 is 15.8 Å². The first kappa shape index (κ1) is 15.5. The molecule has 5 heteroatoms. The van der Waals surface area contributed by atoms with Gasteiger partial charge in [0, 0.05) is 13.2 Å². The summed E-state index contributed by atoms with van der Waals surface area (Å²) in [6.07, 6.45) is 0.800. The molecule has 0 radical (unpaired) electrons. The van der Waals surface area contributed by atoms with E-state index in [9.17, 15) is 4.79 Å². The Hall–Kier alpha value is -1.59. The summed E-state index contributed by atoms with van der Waals surface area (Å²) < 4.78 is 10.4. The van der Waals surface area contributed by atoms with Crippen molar-refractivity contribution < 1.29 is 14.3 Å². The smallest absolute Gasteiger partial charge is 0.258 e. The van der Waals surface area contributed by atoms with Gasteiger partial charge in [-0.25, -0.2) is 0 Å². The SMILES string of the molecule is COCC(C)NC(=O)COc1cccc(CCN)c1. The van der Waals surface area contributed by atoms with Crippen LogP contribution in [-0.2, 0) is 16.0 Å². The van der Waals surface area contributed by atoms with Crippen molar-refractivity contribution in [2.75, 3.05) is 26.9 Å². The van der Waals surface area contributed by atoms with E-state index >= 15 is 0 Å². The summed E-state index contributed by atoms with van der Waals surface area (Å²) in [5.74, 6) is 0.522. The van der Waals surface area contributed by atoms with Gasteiger partial charge in [-0.1, -0.05) is 12.1 Å². The zero-order chi connectivity index (χ0) is 14.1. The number of carbonyl (C=O) groups is 1. The Kier molecular flexibility index (Phi) is 6.92. The van der Waals surface area contributed by atoms with Gasteiger partial charge in [0.15, 0.2) is 6.61 Å². The number of hydrogen-bond donors (Lipinski definition) is 2. The Labute approximate surface area is 114 Å². The summed E-state index contributed by atoms with van der Waals surface area (Å²) in [5.41, 5.74) is 6.60. The van der Waals surface area contributed by atoms with E-state index in [0.29, 0.717) is 18.9 Å². The number of amides is 1. The van der Waals surface area contributed by atoms with Gasteiger partial charge in [0.05, 0.1) is 6.61 Å². The molecule has 1 amide bonds. The highest BCUT2D eigenvalue weighted by molar-refractivity contribution is 5.77. The Bertz CT molecular complexity index is 396. The summed E-state index contributed by atoms with van der Waals surface area (Å²) in [7, 11) is 1.60. The average Bonchev–Trinajstić information content (AvgIpc) is 2.37. The van der Waals surface area contributed by atoms with Crippen molar-refractivity contribution in [3.63, 3.8) is 0 Å². The fourth-order valence-corrected chi connectivity index (χ4v) is 1.71. The molecule has 0 aliphatic carbocycles. The number of benzene rings is 1. The molecule has 19 heavy (non-hydrogen) atoms. The Morgan fingerprint density at radius 1 is 1.47 bits per heavy atom. The second-order valence-corrected chi connectivity index (χ2v) is 4.40. The molecule has 0 fully saturated rings. The molecule has 1 atom stereocenters. The maximum Gasteiger partial charge on any atom is 0.258 e. The van der Waals surface area contributed by atoms with Crippen LogP contribution in [-0.4, -0.2) is 38.8 Å². The van der Waals surface area contributed by atoms with Gasteiger partial charge in [0.2, 0.25) is 0 Å². The molecule has 0 aromatic heterocycles. The van der Waals surface area contributed by atoms with Gasteiger partial charge < -0.3 is 20.5 Å². The van der Waals surface area contributed by atoms with E-state index in [2.05, 4.69) is 5.32 Å². The average molecular weight is 266 g/mol. The molecule has 0 bridgehead atoms. The standard InChI is InChI=1S/C14H22N2O3/c1-11(9-18-2)16-14(17)10-19-13-5-3-4-12(8-13)6-7-15/h3-5,8,11H,6-7,9-10,15H2,1-2H3,(H,16,17). The molecule has 0 saturated carbocycles. The van der Waals surface area contributed by atoms with Gasteiger partial charge >= 0.3 is 0 Å². The fourth-order valence-electron chi connectivity index (χ4n) is 1.71. The van der Waals surface area contributed by atoms with Crippen molar-refractivity contribution >= 4 is 5.91 Å².